The van der Waals surface area contributed by atoms with E-state index < -0.39 is 18.6 Å². The molecule has 4 rings (SSSR count). The first-order chi connectivity index (χ1) is 18.5. The van der Waals surface area contributed by atoms with Crippen LogP contribution in [0.2, 0.25) is 0 Å². The second-order valence-corrected chi connectivity index (χ2v) is 9.44. The van der Waals surface area contributed by atoms with Gasteiger partial charge in [0.2, 0.25) is 0 Å². The Morgan fingerprint density at radius 3 is 2.56 bits per heavy atom. The molecule has 0 radical (unpaired) electrons. The highest BCUT2D eigenvalue weighted by Crippen LogP contribution is 2.32. The fourth-order valence-corrected chi connectivity index (χ4v) is 4.38. The van der Waals surface area contributed by atoms with Crippen molar-refractivity contribution in [2.24, 2.45) is 0 Å². The zero-order valence-electron chi connectivity index (χ0n) is 22.1. The van der Waals surface area contributed by atoms with Crippen molar-refractivity contribution in [1.29, 1.82) is 0 Å². The molecule has 208 valence electrons. The van der Waals surface area contributed by atoms with Gasteiger partial charge < -0.3 is 4.74 Å². The summed E-state index contributed by atoms with van der Waals surface area (Å²) in [5.41, 5.74) is 3.11. The number of ether oxygens (including phenoxy) is 1. The second kappa shape index (κ2) is 13.3. The molecular weight excluding hydrogens is 512 g/mol. The first kappa shape index (κ1) is 29.7. The molecule has 3 heterocycles. The minimum atomic E-state index is -4.47. The summed E-state index contributed by atoms with van der Waals surface area (Å²) in [5, 5.41) is 0. The van der Waals surface area contributed by atoms with Crippen molar-refractivity contribution in [3.8, 4) is 5.75 Å². The zero-order chi connectivity index (χ0) is 28.6. The molecule has 0 bridgehead atoms. The normalized spacial score (nSPS) is 14.5. The number of hydrogen-bond donors (Lipinski definition) is 0. The monoisotopic (exact) mass is 544 g/mol. The number of alkyl halides is 3. The molecule has 1 aliphatic rings. The van der Waals surface area contributed by atoms with E-state index in [2.05, 4.69) is 28.1 Å². The Labute approximate surface area is 224 Å². The Morgan fingerprint density at radius 1 is 1.23 bits per heavy atom. The molecule has 0 atom stereocenters. The molecule has 10 heteroatoms. The van der Waals surface area contributed by atoms with Gasteiger partial charge in [-0.3, -0.25) is 19.3 Å². The van der Waals surface area contributed by atoms with E-state index in [4.69, 9.17) is 4.74 Å². The van der Waals surface area contributed by atoms with Gasteiger partial charge in [0.05, 0.1) is 12.2 Å². The lowest BCUT2D eigenvalue weighted by Crippen LogP contribution is -2.28. The van der Waals surface area contributed by atoms with Gasteiger partial charge in [0.1, 0.15) is 22.8 Å². The van der Waals surface area contributed by atoms with Crippen LogP contribution in [0.15, 0.2) is 72.1 Å². The maximum atomic E-state index is 13.5. The quantitative estimate of drug-likeness (QED) is 0.234. The summed E-state index contributed by atoms with van der Waals surface area (Å²) in [6.07, 6.45) is 6.69. The highest BCUT2D eigenvalue weighted by molar-refractivity contribution is 5.71. The molecule has 3 aromatic heterocycles. The van der Waals surface area contributed by atoms with Gasteiger partial charge in [-0.05, 0) is 62.5 Å². The fourth-order valence-electron chi connectivity index (χ4n) is 4.38. The van der Waals surface area contributed by atoms with Crippen LogP contribution < -0.4 is 10.3 Å². The number of hydrogen-bond acceptors (Lipinski definition) is 5. The smallest absolute Gasteiger partial charge is 0.422 e. The molecule has 1 fully saturated rings. The van der Waals surface area contributed by atoms with Crippen LogP contribution in [0.5, 0.6) is 5.75 Å². The topological polar surface area (TPSA) is 69.9 Å². The van der Waals surface area contributed by atoms with Gasteiger partial charge in [-0.25, -0.2) is 9.37 Å². The van der Waals surface area contributed by atoms with Gasteiger partial charge in [0.25, 0.3) is 5.56 Å². The molecule has 0 unspecified atom stereocenters. The summed E-state index contributed by atoms with van der Waals surface area (Å²) in [7, 11) is 0. The number of nitrogens with zero attached hydrogens (tertiary/aromatic N) is 4. The van der Waals surface area contributed by atoms with Crippen LogP contribution in [-0.2, 0) is 6.54 Å². The molecular formula is C29H32F4N4O2. The van der Waals surface area contributed by atoms with E-state index >= 15 is 0 Å². The van der Waals surface area contributed by atoms with Crippen LogP contribution in [0.4, 0.5) is 17.6 Å². The van der Waals surface area contributed by atoms with E-state index in [1.165, 1.54) is 29.0 Å². The van der Waals surface area contributed by atoms with Crippen LogP contribution in [0, 0.1) is 6.92 Å². The lowest BCUT2D eigenvalue weighted by Gasteiger charge is -2.23. The van der Waals surface area contributed by atoms with Crippen molar-refractivity contribution in [3.05, 3.63) is 94.6 Å². The molecule has 39 heavy (non-hydrogen) atoms. The van der Waals surface area contributed by atoms with Gasteiger partial charge in [0.15, 0.2) is 12.3 Å². The van der Waals surface area contributed by atoms with Crippen molar-refractivity contribution in [1.82, 2.24) is 19.5 Å². The van der Waals surface area contributed by atoms with Gasteiger partial charge in [0, 0.05) is 18.0 Å². The first-order valence-electron chi connectivity index (χ1n) is 12.6. The summed E-state index contributed by atoms with van der Waals surface area (Å²) in [6, 6.07) is 4.73. The molecule has 1 saturated carbocycles. The molecule has 0 saturated heterocycles. The molecule has 6 nitrogen and oxygen atoms in total. The summed E-state index contributed by atoms with van der Waals surface area (Å²) >= 11 is 0. The van der Waals surface area contributed by atoms with Crippen LogP contribution in [-0.4, -0.2) is 32.3 Å². The van der Waals surface area contributed by atoms with Gasteiger partial charge in [-0.15, -0.1) is 0 Å². The molecule has 0 aliphatic heterocycles. The van der Waals surface area contributed by atoms with Crippen LogP contribution in [0.25, 0.3) is 11.2 Å². The van der Waals surface area contributed by atoms with Crippen LogP contribution >= 0.6 is 0 Å². The number of rotatable bonds is 7. The third-order valence-corrected chi connectivity index (χ3v) is 6.24. The highest BCUT2D eigenvalue weighted by Gasteiger charge is 2.29. The van der Waals surface area contributed by atoms with Gasteiger partial charge in [-0.1, -0.05) is 38.5 Å². The van der Waals surface area contributed by atoms with Gasteiger partial charge >= 0.3 is 6.18 Å². The highest BCUT2D eigenvalue weighted by atomic mass is 19.4. The van der Waals surface area contributed by atoms with E-state index in [9.17, 15) is 22.4 Å². The average molecular weight is 545 g/mol. The van der Waals surface area contributed by atoms with Crippen molar-refractivity contribution in [2.45, 2.75) is 64.6 Å². The van der Waals surface area contributed by atoms with E-state index in [0.717, 1.165) is 37.7 Å². The molecule has 0 spiro atoms. The number of pyridine rings is 2. The molecule has 0 amide bonds. The number of allylic oxidation sites excluding steroid dienone is 4. The van der Waals surface area contributed by atoms with Crippen molar-refractivity contribution >= 4 is 11.2 Å². The standard InChI is InChI=1S/C22H23F3N4O2.C7H9F/c1-14-11-27-17-10-16(15-6-3-2-4-7-15)21(30)29(20(17)28-14)12-18-19(8-5-9-26-18)31-13-22(23,24)25;1-4-6(2)5-7(3)8/h5,8-11,15H,2-4,6-7,12-13H2,1H3;4-5H,1,3H2,2H3/b;6-5-. The molecule has 3 aromatic rings. The molecule has 0 aromatic carbocycles. The number of halogens is 4. The Balaban J connectivity index is 0.000000459. The average Bonchev–Trinajstić information content (AvgIpc) is 2.89. The Bertz CT molecular complexity index is 1410. The molecule has 0 N–H and O–H groups in total. The van der Waals surface area contributed by atoms with Crippen molar-refractivity contribution in [2.75, 3.05) is 6.61 Å². The number of fused-ring (bicyclic) bond motifs is 1. The summed E-state index contributed by atoms with van der Waals surface area (Å²) in [5.74, 6) is -0.296. The van der Waals surface area contributed by atoms with Crippen LogP contribution in [0.1, 0.15) is 61.9 Å². The largest absolute Gasteiger partial charge is 0.482 e. The second-order valence-electron chi connectivity index (χ2n) is 9.44. The SMILES string of the molecule is C=C/C(C)=C\C(=C)F.Cc1cnc2cc(C3CCCCC3)c(=O)n(Cc3ncccc3OCC(F)(F)F)c2n1. The van der Waals surface area contributed by atoms with Crippen LogP contribution in [0.3, 0.4) is 0 Å². The third-order valence-electron chi connectivity index (χ3n) is 6.24. The minimum Gasteiger partial charge on any atom is -0.482 e. The Morgan fingerprint density at radius 2 is 1.95 bits per heavy atom. The minimum absolute atomic E-state index is 0.0106. The Hall–Kier alpha value is -3.82. The Kier molecular flexibility index (Phi) is 10.1. The first-order valence-corrected chi connectivity index (χ1v) is 12.6. The van der Waals surface area contributed by atoms with E-state index in [1.54, 1.807) is 26.1 Å². The fraction of sp³-hybridized carbons (Fsp3) is 0.379. The number of aromatic nitrogens is 4. The van der Waals surface area contributed by atoms with E-state index in [1.807, 2.05) is 6.07 Å². The third kappa shape index (κ3) is 8.59. The maximum Gasteiger partial charge on any atom is 0.422 e. The summed E-state index contributed by atoms with van der Waals surface area (Å²) in [6.45, 7) is 8.54. The maximum absolute atomic E-state index is 13.5. The predicted octanol–water partition coefficient (Wildman–Crippen LogP) is 7.13. The summed E-state index contributed by atoms with van der Waals surface area (Å²) < 4.78 is 56.2. The van der Waals surface area contributed by atoms with E-state index in [0.29, 0.717) is 22.4 Å². The molecule has 1 aliphatic carbocycles. The van der Waals surface area contributed by atoms with Crippen molar-refractivity contribution < 1.29 is 22.3 Å². The van der Waals surface area contributed by atoms with E-state index in [-0.39, 0.29) is 29.5 Å². The zero-order valence-corrected chi connectivity index (χ0v) is 22.1. The van der Waals surface area contributed by atoms with Gasteiger partial charge in [-0.2, -0.15) is 13.2 Å². The lowest BCUT2D eigenvalue weighted by molar-refractivity contribution is -0.153. The predicted molar refractivity (Wildman–Crippen MR) is 143 cm³/mol. The van der Waals surface area contributed by atoms with Crippen molar-refractivity contribution in [3.63, 3.8) is 0 Å². The summed E-state index contributed by atoms with van der Waals surface area (Å²) in [4.78, 5) is 26.6. The lowest BCUT2D eigenvalue weighted by atomic mass is 9.84. The number of aryl methyl sites for hydroxylation is 1.